The number of ether oxygens (including phenoxy) is 2. The Morgan fingerprint density at radius 1 is 1.26 bits per heavy atom. The number of nitrogens with zero attached hydrogens (tertiary/aromatic N) is 3. The van der Waals surface area contributed by atoms with Crippen molar-refractivity contribution in [2.75, 3.05) is 7.11 Å². The molecule has 0 radical (unpaired) electrons. The van der Waals surface area contributed by atoms with E-state index >= 15 is 0 Å². The Morgan fingerprint density at radius 2 is 2.13 bits per heavy atom. The summed E-state index contributed by atoms with van der Waals surface area (Å²) in [7, 11) is 1.53. The molecule has 0 amide bonds. The van der Waals surface area contributed by atoms with Crippen molar-refractivity contribution in [3.05, 3.63) is 41.0 Å². The third-order valence-electron chi connectivity index (χ3n) is 3.02. The molecule has 3 rings (SSSR count). The van der Waals surface area contributed by atoms with Gasteiger partial charge < -0.3 is 14.0 Å². The smallest absolute Gasteiger partial charge is 0.306 e. The lowest BCUT2D eigenvalue weighted by molar-refractivity contribution is -0.145. The molecule has 2 heterocycles. The van der Waals surface area contributed by atoms with Gasteiger partial charge in [0.15, 0.2) is 6.61 Å². The number of aromatic nitrogens is 3. The van der Waals surface area contributed by atoms with Crippen molar-refractivity contribution in [2.45, 2.75) is 26.1 Å². The number of hydrogen-bond donors (Lipinski definition) is 0. The van der Waals surface area contributed by atoms with Crippen LogP contribution in [0.5, 0.6) is 0 Å². The Kier molecular flexibility index (Phi) is 4.94. The molecule has 0 saturated heterocycles. The molecule has 0 N–H and O–H groups in total. The van der Waals surface area contributed by atoms with Gasteiger partial charge in [-0.1, -0.05) is 17.3 Å². The van der Waals surface area contributed by atoms with E-state index in [4.69, 9.17) is 14.0 Å². The zero-order valence-electron chi connectivity index (χ0n) is 12.5. The number of methoxy groups -OCH3 is 1. The van der Waals surface area contributed by atoms with Gasteiger partial charge in [0.25, 0.3) is 5.89 Å². The highest BCUT2D eigenvalue weighted by atomic mass is 32.1. The third-order valence-corrected chi connectivity index (χ3v) is 4.12. The van der Waals surface area contributed by atoms with Gasteiger partial charge in [-0.2, -0.15) is 4.98 Å². The maximum Gasteiger partial charge on any atom is 0.306 e. The molecule has 2 aromatic heterocycles. The summed E-state index contributed by atoms with van der Waals surface area (Å²) in [6.45, 7) is 0.227. The van der Waals surface area contributed by atoms with Gasteiger partial charge in [0, 0.05) is 13.5 Å². The first kappa shape index (κ1) is 15.6. The van der Waals surface area contributed by atoms with Crippen molar-refractivity contribution in [3.63, 3.8) is 0 Å². The van der Waals surface area contributed by atoms with Gasteiger partial charge in [-0.25, -0.2) is 4.98 Å². The van der Waals surface area contributed by atoms with Crippen LogP contribution in [0.3, 0.4) is 0 Å². The minimum absolute atomic E-state index is 0.00804. The standard InChI is InChI=1S/C15H15N3O4S/c1-20-9-13-17-12(18-22-13)8-21-15(19)7-6-14-16-10-4-2-3-5-11(10)23-14/h2-5H,6-9H2,1H3. The topological polar surface area (TPSA) is 87.3 Å². The molecule has 120 valence electrons. The Labute approximate surface area is 136 Å². The number of esters is 1. The molecule has 7 nitrogen and oxygen atoms in total. The normalized spacial score (nSPS) is 11.0. The maximum absolute atomic E-state index is 11.8. The zero-order valence-corrected chi connectivity index (χ0v) is 13.3. The van der Waals surface area contributed by atoms with Crippen LogP contribution in [0, 0.1) is 0 Å². The number of para-hydroxylation sites is 1. The van der Waals surface area contributed by atoms with E-state index in [-0.39, 0.29) is 25.6 Å². The maximum atomic E-state index is 11.8. The van der Waals surface area contributed by atoms with Gasteiger partial charge in [-0.3, -0.25) is 4.79 Å². The average Bonchev–Trinajstić information content (AvgIpc) is 3.17. The summed E-state index contributed by atoms with van der Waals surface area (Å²) < 4.78 is 16.0. The van der Waals surface area contributed by atoms with Crippen LogP contribution in [0.1, 0.15) is 23.1 Å². The van der Waals surface area contributed by atoms with Crippen LogP contribution in [0.2, 0.25) is 0 Å². The highest BCUT2D eigenvalue weighted by molar-refractivity contribution is 7.18. The molecule has 8 heteroatoms. The van der Waals surface area contributed by atoms with Gasteiger partial charge in [0.1, 0.15) is 6.61 Å². The number of benzene rings is 1. The first-order chi connectivity index (χ1) is 11.2. The lowest BCUT2D eigenvalue weighted by atomic mass is 10.3. The highest BCUT2D eigenvalue weighted by Gasteiger charge is 2.11. The molecule has 3 aromatic rings. The van der Waals surface area contributed by atoms with E-state index in [9.17, 15) is 4.79 Å². The van der Waals surface area contributed by atoms with E-state index in [1.165, 1.54) is 7.11 Å². The molecule has 0 atom stereocenters. The summed E-state index contributed by atoms with van der Waals surface area (Å²) in [6, 6.07) is 7.90. The van der Waals surface area contributed by atoms with Gasteiger partial charge in [-0.05, 0) is 12.1 Å². The Balaban J connectivity index is 1.47. The Hall–Kier alpha value is -2.32. The predicted octanol–water partition coefficient (Wildman–Crippen LogP) is 2.50. The number of hydrogen-bond acceptors (Lipinski definition) is 8. The van der Waals surface area contributed by atoms with Gasteiger partial charge in [0.05, 0.1) is 21.6 Å². The van der Waals surface area contributed by atoms with E-state index in [1.54, 1.807) is 11.3 Å². The number of thiazole rings is 1. The minimum atomic E-state index is -0.317. The number of carbonyl (C=O) groups excluding carboxylic acids is 1. The molecule has 0 spiro atoms. The van der Waals surface area contributed by atoms with Crippen LogP contribution >= 0.6 is 11.3 Å². The minimum Gasteiger partial charge on any atom is -0.457 e. The Bertz CT molecular complexity index is 766. The molecule has 0 fully saturated rings. The summed E-state index contributed by atoms with van der Waals surface area (Å²) in [6.07, 6.45) is 0.821. The van der Waals surface area contributed by atoms with Crippen LogP contribution in [0.25, 0.3) is 10.2 Å². The predicted molar refractivity (Wildman–Crippen MR) is 82.7 cm³/mol. The molecule has 0 aliphatic rings. The van der Waals surface area contributed by atoms with E-state index in [1.807, 2.05) is 24.3 Å². The first-order valence-corrected chi connectivity index (χ1v) is 7.86. The summed E-state index contributed by atoms with van der Waals surface area (Å²) in [5.41, 5.74) is 0.957. The van der Waals surface area contributed by atoms with Crippen molar-refractivity contribution in [1.29, 1.82) is 0 Å². The largest absolute Gasteiger partial charge is 0.457 e. The lowest BCUT2D eigenvalue weighted by Gasteiger charge is -2.00. The zero-order chi connectivity index (χ0) is 16.1. The molecule has 0 bridgehead atoms. The van der Waals surface area contributed by atoms with Crippen LogP contribution in [0.4, 0.5) is 0 Å². The molecule has 23 heavy (non-hydrogen) atoms. The van der Waals surface area contributed by atoms with E-state index in [0.29, 0.717) is 18.1 Å². The molecule has 1 aromatic carbocycles. The monoisotopic (exact) mass is 333 g/mol. The van der Waals surface area contributed by atoms with Crippen molar-refractivity contribution in [3.8, 4) is 0 Å². The second-order valence-corrected chi connectivity index (χ2v) is 5.89. The first-order valence-electron chi connectivity index (χ1n) is 7.05. The van der Waals surface area contributed by atoms with Crippen LogP contribution < -0.4 is 0 Å². The van der Waals surface area contributed by atoms with Crippen molar-refractivity contribution in [1.82, 2.24) is 15.1 Å². The quantitative estimate of drug-likeness (QED) is 0.614. The molecule has 0 aliphatic carbocycles. The van der Waals surface area contributed by atoms with Crippen LogP contribution in [-0.2, 0) is 33.9 Å². The molecular formula is C15H15N3O4S. The fourth-order valence-corrected chi connectivity index (χ4v) is 2.95. The Morgan fingerprint density at radius 3 is 2.96 bits per heavy atom. The van der Waals surface area contributed by atoms with Gasteiger partial charge in [-0.15, -0.1) is 11.3 Å². The third kappa shape index (κ3) is 4.11. The summed E-state index contributed by atoms with van der Waals surface area (Å²) in [5.74, 6) is 0.362. The average molecular weight is 333 g/mol. The molecule has 0 unspecified atom stereocenters. The summed E-state index contributed by atoms with van der Waals surface area (Å²) in [5, 5.41) is 4.62. The second kappa shape index (κ2) is 7.30. The molecule has 0 saturated carbocycles. The number of carbonyl (C=O) groups is 1. The number of aryl methyl sites for hydroxylation is 1. The summed E-state index contributed by atoms with van der Waals surface area (Å²) >= 11 is 1.59. The van der Waals surface area contributed by atoms with Crippen molar-refractivity contribution in [2.24, 2.45) is 0 Å². The number of fused-ring (bicyclic) bond motifs is 1. The molecule has 0 aliphatic heterocycles. The van der Waals surface area contributed by atoms with Crippen molar-refractivity contribution >= 4 is 27.5 Å². The molecular weight excluding hydrogens is 318 g/mol. The lowest BCUT2D eigenvalue weighted by Crippen LogP contribution is -2.06. The van der Waals surface area contributed by atoms with Crippen LogP contribution in [0.15, 0.2) is 28.8 Å². The van der Waals surface area contributed by atoms with E-state index < -0.39 is 0 Å². The van der Waals surface area contributed by atoms with E-state index in [2.05, 4.69) is 15.1 Å². The van der Waals surface area contributed by atoms with Gasteiger partial charge >= 0.3 is 5.97 Å². The summed E-state index contributed by atoms with van der Waals surface area (Å²) in [4.78, 5) is 20.3. The second-order valence-electron chi connectivity index (χ2n) is 4.77. The van der Waals surface area contributed by atoms with Gasteiger partial charge in [0.2, 0.25) is 5.82 Å². The van der Waals surface area contributed by atoms with Crippen molar-refractivity contribution < 1.29 is 18.8 Å². The fraction of sp³-hybridized carbons (Fsp3) is 0.333. The van der Waals surface area contributed by atoms with E-state index in [0.717, 1.165) is 15.2 Å². The highest BCUT2D eigenvalue weighted by Crippen LogP contribution is 2.22. The number of rotatable bonds is 7. The SMILES string of the molecule is COCc1nc(COC(=O)CCc2nc3ccccc3s2)no1. The van der Waals surface area contributed by atoms with Crippen LogP contribution in [-0.4, -0.2) is 28.2 Å². The fourth-order valence-electron chi connectivity index (χ4n) is 1.98.